The van der Waals surface area contributed by atoms with Gasteiger partial charge in [-0.05, 0) is 19.4 Å². The fraction of sp³-hybridized carbons (Fsp3) is 0.917. The van der Waals surface area contributed by atoms with Gasteiger partial charge < -0.3 is 15.5 Å². The van der Waals surface area contributed by atoms with Crippen LogP contribution in [0.3, 0.4) is 0 Å². The van der Waals surface area contributed by atoms with Gasteiger partial charge in [0.05, 0.1) is 0 Å². The van der Waals surface area contributed by atoms with Crippen molar-refractivity contribution in [2.45, 2.75) is 38.1 Å². The van der Waals surface area contributed by atoms with Gasteiger partial charge in [0.15, 0.2) is 0 Å². The van der Waals surface area contributed by atoms with Crippen molar-refractivity contribution in [3.63, 3.8) is 0 Å². The molecule has 1 heterocycles. The van der Waals surface area contributed by atoms with Crippen molar-refractivity contribution >= 4 is 6.03 Å². The first kappa shape index (κ1) is 11.7. The Morgan fingerprint density at radius 3 is 2.56 bits per heavy atom. The monoisotopic (exact) mass is 225 g/mol. The standard InChI is InChI=1S/C12H23N3O/c1-14-8-10(7-13)9-15(12(14)16)11-5-3-2-4-6-11/h10-11H,2-9,13H2,1H3. The molecule has 1 atom stereocenters. The number of hydrogen-bond acceptors (Lipinski definition) is 2. The van der Waals surface area contributed by atoms with Crippen LogP contribution in [-0.2, 0) is 0 Å². The molecule has 0 aromatic rings. The molecule has 2 amide bonds. The van der Waals surface area contributed by atoms with Crippen molar-refractivity contribution in [1.82, 2.24) is 9.80 Å². The van der Waals surface area contributed by atoms with Crippen LogP contribution in [0.15, 0.2) is 0 Å². The Kier molecular flexibility index (Phi) is 3.69. The van der Waals surface area contributed by atoms with Gasteiger partial charge in [0.2, 0.25) is 0 Å². The summed E-state index contributed by atoms with van der Waals surface area (Å²) < 4.78 is 0. The summed E-state index contributed by atoms with van der Waals surface area (Å²) in [5, 5.41) is 0. The van der Waals surface area contributed by atoms with Crippen molar-refractivity contribution in [2.75, 3.05) is 26.7 Å². The van der Waals surface area contributed by atoms with Crippen molar-refractivity contribution in [2.24, 2.45) is 11.7 Å². The Morgan fingerprint density at radius 1 is 1.25 bits per heavy atom. The molecule has 1 aliphatic heterocycles. The molecule has 1 aliphatic carbocycles. The number of nitrogens with zero attached hydrogens (tertiary/aromatic N) is 2. The third kappa shape index (κ3) is 2.32. The number of rotatable bonds is 2. The zero-order chi connectivity index (χ0) is 11.5. The highest BCUT2D eigenvalue weighted by atomic mass is 16.2. The molecule has 1 saturated carbocycles. The highest BCUT2D eigenvalue weighted by Gasteiger charge is 2.33. The summed E-state index contributed by atoms with van der Waals surface area (Å²) >= 11 is 0. The second-order valence-corrected chi connectivity index (χ2v) is 5.21. The number of hydrogen-bond donors (Lipinski definition) is 1. The number of carbonyl (C=O) groups excluding carboxylic acids is 1. The zero-order valence-corrected chi connectivity index (χ0v) is 10.2. The summed E-state index contributed by atoms with van der Waals surface area (Å²) in [5.41, 5.74) is 5.74. The van der Waals surface area contributed by atoms with Crippen molar-refractivity contribution in [3.05, 3.63) is 0 Å². The third-order valence-electron chi connectivity index (χ3n) is 3.91. The number of nitrogens with two attached hydrogens (primary N) is 1. The molecule has 1 saturated heterocycles. The van der Waals surface area contributed by atoms with Gasteiger partial charge in [-0.2, -0.15) is 0 Å². The van der Waals surface area contributed by atoms with Crippen molar-refractivity contribution in [3.8, 4) is 0 Å². The Labute approximate surface area is 97.8 Å². The summed E-state index contributed by atoms with van der Waals surface area (Å²) in [5.74, 6) is 0.449. The van der Waals surface area contributed by atoms with E-state index in [2.05, 4.69) is 4.90 Å². The van der Waals surface area contributed by atoms with Gasteiger partial charge in [0, 0.05) is 32.1 Å². The normalized spacial score (nSPS) is 28.6. The zero-order valence-electron chi connectivity index (χ0n) is 10.2. The lowest BCUT2D eigenvalue weighted by Crippen LogP contribution is -2.57. The van der Waals surface area contributed by atoms with E-state index in [0.29, 0.717) is 18.5 Å². The SMILES string of the molecule is CN1CC(CN)CN(C2CCCCC2)C1=O. The fourth-order valence-electron chi connectivity index (χ4n) is 2.95. The highest BCUT2D eigenvalue weighted by Crippen LogP contribution is 2.26. The average Bonchev–Trinajstić information content (AvgIpc) is 2.33. The van der Waals surface area contributed by atoms with E-state index in [1.54, 1.807) is 0 Å². The van der Waals surface area contributed by atoms with Gasteiger partial charge in [-0.15, -0.1) is 0 Å². The molecule has 2 aliphatic rings. The quantitative estimate of drug-likeness (QED) is 0.769. The smallest absolute Gasteiger partial charge is 0.320 e. The molecule has 0 spiro atoms. The minimum Gasteiger partial charge on any atom is -0.330 e. The van der Waals surface area contributed by atoms with Crippen molar-refractivity contribution < 1.29 is 4.79 Å². The Bertz CT molecular complexity index is 251. The highest BCUT2D eigenvalue weighted by molar-refractivity contribution is 5.75. The summed E-state index contributed by atoms with van der Waals surface area (Å²) in [6.07, 6.45) is 6.22. The number of urea groups is 1. The first-order valence-corrected chi connectivity index (χ1v) is 6.44. The number of amides is 2. The maximum absolute atomic E-state index is 12.1. The van der Waals surface area contributed by atoms with Crippen LogP contribution in [0, 0.1) is 5.92 Å². The molecule has 4 heteroatoms. The van der Waals surface area contributed by atoms with E-state index >= 15 is 0 Å². The van der Waals surface area contributed by atoms with Crippen LogP contribution < -0.4 is 5.73 Å². The summed E-state index contributed by atoms with van der Waals surface area (Å²) in [4.78, 5) is 16.0. The van der Waals surface area contributed by atoms with E-state index in [1.165, 1.54) is 32.1 Å². The Hall–Kier alpha value is -0.770. The minimum atomic E-state index is 0.205. The van der Waals surface area contributed by atoms with Crippen LogP contribution in [0.2, 0.25) is 0 Å². The van der Waals surface area contributed by atoms with Gasteiger partial charge in [-0.1, -0.05) is 19.3 Å². The van der Waals surface area contributed by atoms with E-state index < -0.39 is 0 Å². The molecule has 2 fully saturated rings. The predicted molar refractivity (Wildman–Crippen MR) is 64.1 cm³/mol. The maximum Gasteiger partial charge on any atom is 0.320 e. The topological polar surface area (TPSA) is 49.6 Å². The molecule has 0 bridgehead atoms. The second-order valence-electron chi connectivity index (χ2n) is 5.21. The molecule has 0 radical (unpaired) electrons. The van der Waals surface area contributed by atoms with Crippen LogP contribution in [0.4, 0.5) is 4.79 Å². The Balaban J connectivity index is 2.02. The van der Waals surface area contributed by atoms with Gasteiger partial charge in [-0.3, -0.25) is 0 Å². The molecule has 1 unspecified atom stereocenters. The molecule has 2 rings (SSSR count). The summed E-state index contributed by atoms with van der Waals surface area (Å²) in [6, 6.07) is 0.676. The van der Waals surface area contributed by atoms with Crippen LogP contribution in [0.1, 0.15) is 32.1 Å². The van der Waals surface area contributed by atoms with Gasteiger partial charge in [0.25, 0.3) is 0 Å². The number of carbonyl (C=O) groups is 1. The molecule has 2 N–H and O–H groups in total. The lowest BCUT2D eigenvalue weighted by molar-refractivity contribution is 0.0823. The molecule has 92 valence electrons. The van der Waals surface area contributed by atoms with E-state index in [0.717, 1.165) is 13.1 Å². The van der Waals surface area contributed by atoms with Gasteiger partial charge in [0.1, 0.15) is 0 Å². The van der Waals surface area contributed by atoms with Gasteiger partial charge in [-0.25, -0.2) is 4.79 Å². The first-order chi connectivity index (χ1) is 7.72. The third-order valence-corrected chi connectivity index (χ3v) is 3.91. The van der Waals surface area contributed by atoms with Crippen LogP contribution in [-0.4, -0.2) is 48.6 Å². The molecule has 0 aromatic carbocycles. The van der Waals surface area contributed by atoms with E-state index in [9.17, 15) is 4.79 Å². The summed E-state index contributed by atoms with van der Waals surface area (Å²) in [6.45, 7) is 2.36. The molecule has 0 aromatic heterocycles. The first-order valence-electron chi connectivity index (χ1n) is 6.44. The van der Waals surface area contributed by atoms with Crippen LogP contribution >= 0.6 is 0 Å². The average molecular weight is 225 g/mol. The Morgan fingerprint density at radius 2 is 1.94 bits per heavy atom. The lowest BCUT2D eigenvalue weighted by Gasteiger charge is -2.43. The molecule has 16 heavy (non-hydrogen) atoms. The van der Waals surface area contributed by atoms with Gasteiger partial charge >= 0.3 is 6.03 Å². The lowest BCUT2D eigenvalue weighted by atomic mass is 9.92. The fourth-order valence-corrected chi connectivity index (χ4v) is 2.95. The minimum absolute atomic E-state index is 0.205. The molecular weight excluding hydrogens is 202 g/mol. The van der Waals surface area contributed by atoms with Crippen LogP contribution in [0.5, 0.6) is 0 Å². The van der Waals surface area contributed by atoms with E-state index in [4.69, 9.17) is 5.73 Å². The van der Waals surface area contributed by atoms with Crippen molar-refractivity contribution in [1.29, 1.82) is 0 Å². The van der Waals surface area contributed by atoms with E-state index in [-0.39, 0.29) is 6.03 Å². The predicted octanol–water partition coefficient (Wildman–Crippen LogP) is 1.26. The summed E-state index contributed by atoms with van der Waals surface area (Å²) in [7, 11) is 1.89. The largest absolute Gasteiger partial charge is 0.330 e. The van der Waals surface area contributed by atoms with Crippen LogP contribution in [0.25, 0.3) is 0 Å². The molecular formula is C12H23N3O. The van der Waals surface area contributed by atoms with E-state index in [1.807, 2.05) is 11.9 Å². The maximum atomic E-state index is 12.1. The second kappa shape index (κ2) is 5.04. The molecule has 4 nitrogen and oxygen atoms in total.